The third-order valence-corrected chi connectivity index (χ3v) is 2.44. The van der Waals surface area contributed by atoms with Crippen LogP contribution < -0.4 is 15.8 Å². The second-order valence-electron chi connectivity index (χ2n) is 3.91. The molecule has 1 heterocycles. The summed E-state index contributed by atoms with van der Waals surface area (Å²) < 4.78 is 10.1. The summed E-state index contributed by atoms with van der Waals surface area (Å²) in [4.78, 5) is 8.02. The molecular formula is C13H16N4O2. The molecule has 3 N–H and O–H groups in total. The highest BCUT2D eigenvalue weighted by Gasteiger charge is 2.03. The highest BCUT2D eigenvalue weighted by molar-refractivity contribution is 5.58. The maximum absolute atomic E-state index is 5.60. The third-order valence-electron chi connectivity index (χ3n) is 2.44. The zero-order valence-electron chi connectivity index (χ0n) is 10.9. The van der Waals surface area contributed by atoms with Crippen LogP contribution in [0, 0.1) is 0 Å². The van der Waals surface area contributed by atoms with Gasteiger partial charge in [-0.2, -0.15) is 9.97 Å². The number of aromatic nitrogens is 2. The summed E-state index contributed by atoms with van der Waals surface area (Å²) >= 11 is 0. The fourth-order valence-electron chi connectivity index (χ4n) is 1.66. The Bertz CT molecular complexity index is 560. The van der Waals surface area contributed by atoms with Crippen molar-refractivity contribution >= 4 is 17.5 Å². The number of nitrogens with two attached hydrogens (primary N) is 1. The van der Waals surface area contributed by atoms with E-state index in [9.17, 15) is 0 Å². The molecule has 6 nitrogen and oxygen atoms in total. The van der Waals surface area contributed by atoms with E-state index in [0.717, 1.165) is 11.3 Å². The molecule has 6 heteroatoms. The summed E-state index contributed by atoms with van der Waals surface area (Å²) in [6.07, 6.45) is 0. The Kier molecular flexibility index (Phi) is 4.15. The van der Waals surface area contributed by atoms with E-state index in [1.54, 1.807) is 13.2 Å². The Hall–Kier alpha value is -2.34. The topological polar surface area (TPSA) is 82.3 Å². The van der Waals surface area contributed by atoms with Gasteiger partial charge in [-0.15, -0.1) is 0 Å². The van der Waals surface area contributed by atoms with Gasteiger partial charge in [0.15, 0.2) is 0 Å². The van der Waals surface area contributed by atoms with Gasteiger partial charge in [-0.1, -0.05) is 12.1 Å². The fraction of sp³-hybridized carbons (Fsp3) is 0.231. The molecule has 0 unspecified atom stereocenters. The Morgan fingerprint density at radius 3 is 2.79 bits per heavy atom. The van der Waals surface area contributed by atoms with Crippen molar-refractivity contribution in [1.29, 1.82) is 0 Å². The highest BCUT2D eigenvalue weighted by Crippen LogP contribution is 2.20. The monoisotopic (exact) mass is 260 g/mol. The molecule has 0 spiro atoms. The molecule has 0 bridgehead atoms. The van der Waals surface area contributed by atoms with Crippen LogP contribution in [0.15, 0.2) is 30.3 Å². The summed E-state index contributed by atoms with van der Waals surface area (Å²) in [5.74, 6) is 1.16. The van der Waals surface area contributed by atoms with Crippen LogP contribution in [0.3, 0.4) is 0 Å². The SMILES string of the molecule is COCc1cccc(Nc2cc(OC)nc(N)n2)c1. The van der Waals surface area contributed by atoms with Gasteiger partial charge in [-0.3, -0.25) is 0 Å². The first-order valence-corrected chi connectivity index (χ1v) is 5.74. The standard InChI is InChI=1S/C13H16N4O2/c1-18-8-9-4-3-5-10(6-9)15-11-7-12(19-2)17-13(14)16-11/h3-7H,8H2,1-2H3,(H3,14,15,16,17). The number of nitrogens with zero attached hydrogens (tertiary/aromatic N) is 2. The van der Waals surface area contributed by atoms with Crippen molar-refractivity contribution < 1.29 is 9.47 Å². The van der Waals surface area contributed by atoms with E-state index < -0.39 is 0 Å². The van der Waals surface area contributed by atoms with Crippen LogP contribution in [0.5, 0.6) is 5.88 Å². The first-order valence-electron chi connectivity index (χ1n) is 5.74. The molecule has 19 heavy (non-hydrogen) atoms. The van der Waals surface area contributed by atoms with Crippen molar-refractivity contribution in [2.45, 2.75) is 6.61 Å². The van der Waals surface area contributed by atoms with E-state index in [1.807, 2.05) is 24.3 Å². The van der Waals surface area contributed by atoms with E-state index >= 15 is 0 Å². The molecule has 2 aromatic rings. The number of methoxy groups -OCH3 is 2. The molecule has 0 amide bonds. The molecular weight excluding hydrogens is 244 g/mol. The first kappa shape index (κ1) is 13.1. The number of hydrogen-bond acceptors (Lipinski definition) is 6. The average Bonchev–Trinajstić information content (AvgIpc) is 2.39. The molecule has 0 atom stereocenters. The van der Waals surface area contributed by atoms with E-state index in [4.69, 9.17) is 15.2 Å². The number of hydrogen-bond donors (Lipinski definition) is 2. The molecule has 0 aliphatic heterocycles. The zero-order valence-corrected chi connectivity index (χ0v) is 10.9. The summed E-state index contributed by atoms with van der Waals surface area (Å²) in [6.45, 7) is 0.560. The van der Waals surface area contributed by atoms with Crippen LogP contribution in [0.1, 0.15) is 5.56 Å². The molecule has 0 aliphatic carbocycles. The number of anilines is 3. The molecule has 0 radical (unpaired) electrons. The van der Waals surface area contributed by atoms with Gasteiger partial charge in [-0.25, -0.2) is 0 Å². The Morgan fingerprint density at radius 2 is 2.05 bits per heavy atom. The summed E-state index contributed by atoms with van der Waals surface area (Å²) in [6, 6.07) is 9.53. The normalized spacial score (nSPS) is 10.2. The van der Waals surface area contributed by atoms with Gasteiger partial charge in [0.05, 0.1) is 13.7 Å². The summed E-state index contributed by atoms with van der Waals surface area (Å²) in [5, 5.41) is 3.15. The van der Waals surface area contributed by atoms with Crippen LogP contribution >= 0.6 is 0 Å². The second-order valence-corrected chi connectivity index (χ2v) is 3.91. The van der Waals surface area contributed by atoms with Crippen molar-refractivity contribution in [3.8, 4) is 5.88 Å². The van der Waals surface area contributed by atoms with E-state index in [0.29, 0.717) is 18.3 Å². The van der Waals surface area contributed by atoms with Gasteiger partial charge < -0.3 is 20.5 Å². The molecule has 0 fully saturated rings. The van der Waals surface area contributed by atoms with Gasteiger partial charge >= 0.3 is 0 Å². The van der Waals surface area contributed by atoms with Crippen molar-refractivity contribution in [3.63, 3.8) is 0 Å². The molecule has 0 aliphatic rings. The van der Waals surface area contributed by atoms with Crippen LogP contribution in [-0.4, -0.2) is 24.2 Å². The average molecular weight is 260 g/mol. The van der Waals surface area contributed by atoms with Crippen molar-refractivity contribution in [2.75, 3.05) is 25.3 Å². The Balaban J connectivity index is 2.20. The van der Waals surface area contributed by atoms with E-state index in [1.165, 1.54) is 7.11 Å². The minimum atomic E-state index is 0.162. The molecule has 1 aromatic heterocycles. The maximum Gasteiger partial charge on any atom is 0.225 e. The smallest absolute Gasteiger partial charge is 0.225 e. The number of benzene rings is 1. The quantitative estimate of drug-likeness (QED) is 0.855. The van der Waals surface area contributed by atoms with Gasteiger partial charge in [0.25, 0.3) is 0 Å². The lowest BCUT2D eigenvalue weighted by Gasteiger charge is -2.09. The molecule has 1 aromatic carbocycles. The minimum Gasteiger partial charge on any atom is -0.481 e. The minimum absolute atomic E-state index is 0.162. The largest absolute Gasteiger partial charge is 0.481 e. The van der Waals surface area contributed by atoms with Crippen LogP contribution in [-0.2, 0) is 11.3 Å². The summed E-state index contributed by atoms with van der Waals surface area (Å²) in [5.41, 5.74) is 7.57. The third kappa shape index (κ3) is 3.56. The van der Waals surface area contributed by atoms with Gasteiger partial charge in [0.2, 0.25) is 11.8 Å². The van der Waals surface area contributed by atoms with Gasteiger partial charge in [-0.05, 0) is 17.7 Å². The lowest BCUT2D eigenvalue weighted by Crippen LogP contribution is -2.02. The van der Waals surface area contributed by atoms with E-state index in [2.05, 4.69) is 15.3 Å². The second kappa shape index (κ2) is 6.01. The van der Waals surface area contributed by atoms with Crippen LogP contribution in [0.25, 0.3) is 0 Å². The number of nitrogen functional groups attached to an aromatic ring is 1. The van der Waals surface area contributed by atoms with Gasteiger partial charge in [0, 0.05) is 18.9 Å². The fourth-order valence-corrected chi connectivity index (χ4v) is 1.66. The van der Waals surface area contributed by atoms with Crippen LogP contribution in [0.4, 0.5) is 17.5 Å². The molecule has 2 rings (SSSR count). The molecule has 0 saturated carbocycles. The first-order chi connectivity index (χ1) is 9.21. The Morgan fingerprint density at radius 1 is 1.21 bits per heavy atom. The number of ether oxygens (including phenoxy) is 2. The van der Waals surface area contributed by atoms with Crippen molar-refractivity contribution in [1.82, 2.24) is 9.97 Å². The number of rotatable bonds is 5. The number of nitrogens with one attached hydrogen (secondary N) is 1. The maximum atomic E-state index is 5.60. The molecule has 100 valence electrons. The lowest BCUT2D eigenvalue weighted by molar-refractivity contribution is 0.185. The Labute approximate surface area is 111 Å². The summed E-state index contributed by atoms with van der Waals surface area (Å²) in [7, 11) is 3.20. The highest BCUT2D eigenvalue weighted by atomic mass is 16.5. The lowest BCUT2D eigenvalue weighted by atomic mass is 10.2. The predicted octanol–water partition coefficient (Wildman–Crippen LogP) is 1.96. The molecule has 0 saturated heterocycles. The van der Waals surface area contributed by atoms with Gasteiger partial charge in [0.1, 0.15) is 5.82 Å². The van der Waals surface area contributed by atoms with Crippen LogP contribution in [0.2, 0.25) is 0 Å². The zero-order chi connectivity index (χ0) is 13.7. The van der Waals surface area contributed by atoms with Crippen molar-refractivity contribution in [2.24, 2.45) is 0 Å². The van der Waals surface area contributed by atoms with Crippen molar-refractivity contribution in [3.05, 3.63) is 35.9 Å². The van der Waals surface area contributed by atoms with E-state index in [-0.39, 0.29) is 5.95 Å². The predicted molar refractivity (Wildman–Crippen MR) is 73.4 cm³/mol.